The number of ether oxygens (including phenoxy) is 2. The van der Waals surface area contributed by atoms with Crippen molar-refractivity contribution < 1.29 is 19.7 Å². The lowest BCUT2D eigenvalue weighted by atomic mass is 9.39. The van der Waals surface area contributed by atoms with Crippen molar-refractivity contribution >= 4 is 0 Å². The first-order valence-corrected chi connectivity index (χ1v) is 12.0. The van der Waals surface area contributed by atoms with E-state index in [0.717, 1.165) is 38.0 Å². The number of allylic oxidation sites excluding steroid dienone is 1. The van der Waals surface area contributed by atoms with Crippen molar-refractivity contribution in [3.05, 3.63) is 12.7 Å². The van der Waals surface area contributed by atoms with E-state index in [4.69, 9.17) is 9.47 Å². The van der Waals surface area contributed by atoms with Crippen molar-refractivity contribution in [2.24, 2.45) is 40.4 Å². The number of hydrogen-bond donors (Lipinski definition) is 2. The van der Waals surface area contributed by atoms with Crippen LogP contribution >= 0.6 is 0 Å². The summed E-state index contributed by atoms with van der Waals surface area (Å²) in [5, 5.41) is 23.9. The smallest absolute Gasteiger partial charge is 0.176 e. The normalized spacial score (nSPS) is 55.5. The molecule has 29 heavy (non-hydrogen) atoms. The van der Waals surface area contributed by atoms with Gasteiger partial charge in [0.05, 0.1) is 11.7 Å². The summed E-state index contributed by atoms with van der Waals surface area (Å²) >= 11 is 0. The third kappa shape index (κ3) is 2.52. The molecule has 1 spiro atoms. The summed E-state index contributed by atoms with van der Waals surface area (Å²) in [6.45, 7) is 11.4. The van der Waals surface area contributed by atoms with Crippen LogP contribution in [0.4, 0.5) is 0 Å². The summed E-state index contributed by atoms with van der Waals surface area (Å²) in [6, 6.07) is 0. The first-order chi connectivity index (χ1) is 13.7. The molecule has 4 nitrogen and oxygen atoms in total. The van der Waals surface area contributed by atoms with E-state index in [2.05, 4.69) is 27.4 Å². The minimum atomic E-state index is -0.876. The topological polar surface area (TPSA) is 58.9 Å². The first-order valence-electron chi connectivity index (χ1n) is 12.0. The lowest BCUT2D eigenvalue weighted by molar-refractivity contribution is -0.438. The van der Waals surface area contributed by atoms with Crippen molar-refractivity contribution in [3.63, 3.8) is 0 Å². The summed E-state index contributed by atoms with van der Waals surface area (Å²) in [4.78, 5) is 0. The molecule has 1 aliphatic heterocycles. The highest BCUT2D eigenvalue weighted by molar-refractivity contribution is 5.20. The Morgan fingerprint density at radius 1 is 1.14 bits per heavy atom. The maximum absolute atomic E-state index is 12.3. The Morgan fingerprint density at radius 3 is 2.52 bits per heavy atom. The average molecular weight is 405 g/mol. The van der Waals surface area contributed by atoms with Crippen LogP contribution in [-0.2, 0) is 9.47 Å². The van der Waals surface area contributed by atoms with E-state index in [1.54, 1.807) is 0 Å². The van der Waals surface area contributed by atoms with Gasteiger partial charge in [-0.15, -0.1) is 6.58 Å². The zero-order chi connectivity index (χ0) is 20.7. The van der Waals surface area contributed by atoms with Gasteiger partial charge in [-0.2, -0.15) is 0 Å². The van der Waals surface area contributed by atoms with Gasteiger partial charge in [0.15, 0.2) is 12.6 Å². The monoisotopic (exact) mass is 404 g/mol. The molecule has 0 unspecified atom stereocenters. The molecule has 1 saturated heterocycles. The van der Waals surface area contributed by atoms with E-state index < -0.39 is 11.4 Å². The molecule has 4 saturated carbocycles. The van der Waals surface area contributed by atoms with Gasteiger partial charge >= 0.3 is 0 Å². The molecule has 1 heterocycles. The highest BCUT2D eigenvalue weighted by Crippen LogP contribution is 2.71. The van der Waals surface area contributed by atoms with E-state index in [0.29, 0.717) is 25.0 Å². The van der Waals surface area contributed by atoms with Crippen LogP contribution in [0.2, 0.25) is 0 Å². The Morgan fingerprint density at radius 2 is 1.90 bits per heavy atom. The SMILES string of the molecule is C=CC[C@@H]1C[C@@H]2[C@H]([C@@H](O)C[C@]3(C)[C@@H](CC)CC[C@@H]23)[C@@]2(C)CCC3(C[C@]12O)OCO3. The predicted molar refractivity (Wildman–Crippen MR) is 112 cm³/mol. The highest BCUT2D eigenvalue weighted by Gasteiger charge is 2.71. The Hall–Kier alpha value is -0.420. The van der Waals surface area contributed by atoms with Crippen molar-refractivity contribution in [2.45, 2.75) is 96.1 Å². The highest BCUT2D eigenvalue weighted by atomic mass is 16.9. The van der Waals surface area contributed by atoms with Crippen LogP contribution in [-0.4, -0.2) is 34.5 Å². The standard InChI is InChI=1S/C25H40O4/c1-5-7-17-12-18-19-9-8-16(6-2)22(19,3)13-20(26)21(18)23(4)10-11-24(28-15-29-24)14-25(17,23)27/h5,16-21,26-27H,1,6-15H2,2-4H3/t16-,17+,18-,19-,20-,21+,22+,23+,25-/m0/s1. The zero-order valence-corrected chi connectivity index (χ0v) is 18.5. The molecule has 5 rings (SSSR count). The maximum Gasteiger partial charge on any atom is 0.176 e. The average Bonchev–Trinajstić information content (AvgIpc) is 2.97. The number of rotatable bonds is 3. The van der Waals surface area contributed by atoms with E-state index in [9.17, 15) is 10.2 Å². The zero-order valence-electron chi connectivity index (χ0n) is 18.5. The van der Waals surface area contributed by atoms with Crippen LogP contribution < -0.4 is 0 Å². The van der Waals surface area contributed by atoms with Gasteiger partial charge < -0.3 is 19.7 Å². The third-order valence-corrected chi connectivity index (χ3v) is 10.8. The summed E-state index contributed by atoms with van der Waals surface area (Å²) in [5.74, 6) is 1.61. The molecule has 5 fully saturated rings. The minimum Gasteiger partial charge on any atom is -0.393 e. The Balaban J connectivity index is 1.55. The molecule has 4 aliphatic carbocycles. The van der Waals surface area contributed by atoms with Crippen molar-refractivity contribution in [1.82, 2.24) is 0 Å². The third-order valence-electron chi connectivity index (χ3n) is 10.8. The van der Waals surface area contributed by atoms with Crippen LogP contribution in [0.3, 0.4) is 0 Å². The lowest BCUT2D eigenvalue weighted by Gasteiger charge is -2.69. The maximum atomic E-state index is 12.3. The second-order valence-corrected chi connectivity index (χ2v) is 11.5. The second-order valence-electron chi connectivity index (χ2n) is 11.5. The molecule has 5 aliphatic rings. The molecule has 2 N–H and O–H groups in total. The number of aliphatic hydroxyl groups is 2. The molecule has 164 valence electrons. The molecule has 0 aromatic rings. The summed E-state index contributed by atoms with van der Waals surface area (Å²) in [7, 11) is 0. The largest absolute Gasteiger partial charge is 0.393 e. The summed E-state index contributed by atoms with van der Waals surface area (Å²) < 4.78 is 11.7. The van der Waals surface area contributed by atoms with Crippen LogP contribution in [0.25, 0.3) is 0 Å². The van der Waals surface area contributed by atoms with Gasteiger partial charge in [0.1, 0.15) is 0 Å². The molecule has 0 bridgehead atoms. The fourth-order valence-corrected chi connectivity index (χ4v) is 9.28. The summed E-state index contributed by atoms with van der Waals surface area (Å²) in [6.07, 6.45) is 10.4. The number of fused-ring (bicyclic) bond motifs is 5. The van der Waals surface area contributed by atoms with Crippen LogP contribution in [0.1, 0.15) is 78.6 Å². The predicted octanol–water partition coefficient (Wildman–Crippen LogP) is 4.64. The van der Waals surface area contributed by atoms with E-state index in [1.807, 2.05) is 6.08 Å². The van der Waals surface area contributed by atoms with Gasteiger partial charge in [0, 0.05) is 18.3 Å². The fourth-order valence-electron chi connectivity index (χ4n) is 9.28. The van der Waals surface area contributed by atoms with Crippen molar-refractivity contribution in [3.8, 4) is 0 Å². The molecule has 9 atom stereocenters. The van der Waals surface area contributed by atoms with E-state index >= 15 is 0 Å². The fraction of sp³-hybridized carbons (Fsp3) is 0.920. The van der Waals surface area contributed by atoms with Crippen LogP contribution in [0.5, 0.6) is 0 Å². The van der Waals surface area contributed by atoms with Crippen LogP contribution in [0, 0.1) is 40.4 Å². The molecule has 0 aromatic heterocycles. The van der Waals surface area contributed by atoms with Gasteiger partial charge in [-0.1, -0.05) is 33.3 Å². The van der Waals surface area contributed by atoms with Crippen molar-refractivity contribution in [1.29, 1.82) is 0 Å². The molecule has 0 radical (unpaired) electrons. The molecule has 0 amide bonds. The number of aliphatic hydroxyl groups excluding tert-OH is 1. The van der Waals surface area contributed by atoms with Gasteiger partial charge in [0.2, 0.25) is 0 Å². The lowest BCUT2D eigenvalue weighted by Crippen LogP contribution is -2.72. The molecular formula is C25H40O4. The number of hydrogen-bond acceptors (Lipinski definition) is 4. The van der Waals surface area contributed by atoms with Gasteiger partial charge in [-0.05, 0) is 73.5 Å². The Labute approximate surface area is 176 Å². The van der Waals surface area contributed by atoms with Gasteiger partial charge in [-0.25, -0.2) is 0 Å². The first kappa shape index (κ1) is 20.5. The van der Waals surface area contributed by atoms with Gasteiger partial charge in [-0.3, -0.25) is 0 Å². The van der Waals surface area contributed by atoms with Gasteiger partial charge in [0.25, 0.3) is 0 Å². The molecule has 4 heteroatoms. The van der Waals surface area contributed by atoms with E-state index in [1.165, 1.54) is 19.3 Å². The molecule has 0 aromatic carbocycles. The van der Waals surface area contributed by atoms with E-state index in [-0.39, 0.29) is 28.8 Å². The molecular weight excluding hydrogens is 364 g/mol. The summed E-state index contributed by atoms with van der Waals surface area (Å²) in [5.41, 5.74) is -0.934. The van der Waals surface area contributed by atoms with Crippen LogP contribution in [0.15, 0.2) is 12.7 Å². The minimum absolute atomic E-state index is 0.159. The Kier molecular flexibility index (Phi) is 4.62. The second kappa shape index (κ2) is 6.54. The van der Waals surface area contributed by atoms with Crippen molar-refractivity contribution in [2.75, 3.05) is 6.79 Å². The Bertz CT molecular complexity index is 674. The quantitative estimate of drug-likeness (QED) is 0.673.